The van der Waals surface area contributed by atoms with E-state index < -0.39 is 5.91 Å². The lowest BCUT2D eigenvalue weighted by Crippen LogP contribution is -2.29. The number of nitrogens with two attached hydrogens (primary N) is 1. The molecule has 0 fully saturated rings. The van der Waals surface area contributed by atoms with Crippen LogP contribution in [0.25, 0.3) is 10.1 Å². The van der Waals surface area contributed by atoms with Crippen LogP contribution in [0, 0.1) is 11.3 Å². The summed E-state index contributed by atoms with van der Waals surface area (Å²) in [7, 11) is 0. The van der Waals surface area contributed by atoms with Gasteiger partial charge in [0.2, 0.25) is 0 Å². The highest BCUT2D eigenvalue weighted by molar-refractivity contribution is 7.22. The number of benzene rings is 1. The van der Waals surface area contributed by atoms with Gasteiger partial charge in [0.1, 0.15) is 9.88 Å². The number of rotatable bonds is 5. The number of amides is 2. The van der Waals surface area contributed by atoms with E-state index in [-0.39, 0.29) is 11.3 Å². The highest BCUT2D eigenvalue weighted by Gasteiger charge is 2.35. The molecule has 2 heterocycles. The van der Waals surface area contributed by atoms with Crippen LogP contribution in [0.3, 0.4) is 0 Å². The van der Waals surface area contributed by atoms with E-state index in [1.54, 1.807) is 0 Å². The first-order chi connectivity index (χ1) is 14.2. The van der Waals surface area contributed by atoms with Crippen molar-refractivity contribution in [3.63, 3.8) is 0 Å². The number of fused-ring (bicyclic) bond motifs is 2. The number of carbonyl (C=O) groups excluding carboxylic acids is 2. The third kappa shape index (κ3) is 3.66. The summed E-state index contributed by atoms with van der Waals surface area (Å²) in [5.74, 6) is -0.235. The summed E-state index contributed by atoms with van der Waals surface area (Å²) in [4.78, 5) is 26.9. The molecule has 30 heavy (non-hydrogen) atoms. The van der Waals surface area contributed by atoms with E-state index in [4.69, 9.17) is 17.3 Å². The first-order valence-electron chi connectivity index (χ1n) is 10.2. The van der Waals surface area contributed by atoms with Gasteiger partial charge < -0.3 is 11.1 Å². The van der Waals surface area contributed by atoms with Crippen LogP contribution in [0.15, 0.2) is 24.3 Å². The normalized spacial score (nSPS) is 16.5. The molecule has 2 amide bonds. The molecular formula is C23H25ClN2O2S2. The largest absolute Gasteiger partial charge is 0.365 e. The quantitative estimate of drug-likeness (QED) is 0.455. The minimum atomic E-state index is -0.488. The molecular weight excluding hydrogens is 436 g/mol. The Kier molecular flexibility index (Phi) is 5.68. The number of thiophene rings is 2. The second-order valence-electron chi connectivity index (χ2n) is 8.55. The number of hydrogen-bond donors (Lipinski definition) is 2. The van der Waals surface area contributed by atoms with Crippen molar-refractivity contribution < 1.29 is 9.59 Å². The second-order valence-corrected chi connectivity index (χ2v) is 11.1. The number of anilines is 1. The Balaban J connectivity index is 1.67. The van der Waals surface area contributed by atoms with Crippen molar-refractivity contribution >= 4 is 61.2 Å². The molecule has 3 N–H and O–H groups in total. The highest BCUT2D eigenvalue weighted by Crippen LogP contribution is 2.45. The van der Waals surface area contributed by atoms with Crippen LogP contribution in [0.4, 0.5) is 5.00 Å². The molecule has 1 aliphatic carbocycles. The second kappa shape index (κ2) is 7.98. The average Bonchev–Trinajstić information content (AvgIpc) is 3.25. The molecule has 0 saturated heterocycles. The molecule has 0 saturated carbocycles. The van der Waals surface area contributed by atoms with Crippen molar-refractivity contribution in [2.24, 2.45) is 17.1 Å². The van der Waals surface area contributed by atoms with E-state index in [9.17, 15) is 9.59 Å². The van der Waals surface area contributed by atoms with Crippen molar-refractivity contribution in [1.82, 2.24) is 0 Å². The predicted octanol–water partition coefficient (Wildman–Crippen LogP) is 6.51. The maximum absolute atomic E-state index is 13.0. The van der Waals surface area contributed by atoms with Gasteiger partial charge in [0, 0.05) is 15.0 Å². The number of hydrogen-bond acceptors (Lipinski definition) is 4. The molecule has 158 valence electrons. The number of nitrogens with one attached hydrogen (secondary N) is 1. The highest BCUT2D eigenvalue weighted by atomic mass is 35.5. The van der Waals surface area contributed by atoms with Crippen LogP contribution in [-0.4, -0.2) is 11.8 Å². The third-order valence-electron chi connectivity index (χ3n) is 6.50. The molecule has 1 aliphatic rings. The van der Waals surface area contributed by atoms with E-state index in [1.807, 2.05) is 24.3 Å². The lowest BCUT2D eigenvalue weighted by atomic mass is 9.69. The van der Waals surface area contributed by atoms with Gasteiger partial charge in [-0.1, -0.05) is 57.0 Å². The topological polar surface area (TPSA) is 72.2 Å². The first-order valence-corrected chi connectivity index (χ1v) is 12.2. The van der Waals surface area contributed by atoms with E-state index in [1.165, 1.54) is 27.6 Å². The minimum absolute atomic E-state index is 0.239. The molecule has 0 aliphatic heterocycles. The summed E-state index contributed by atoms with van der Waals surface area (Å²) in [6.45, 7) is 6.83. The van der Waals surface area contributed by atoms with Crippen molar-refractivity contribution in [3.05, 3.63) is 50.2 Å². The molecule has 1 unspecified atom stereocenters. The Hall–Kier alpha value is -1.89. The van der Waals surface area contributed by atoms with Crippen molar-refractivity contribution in [2.45, 2.75) is 46.5 Å². The summed E-state index contributed by atoms with van der Waals surface area (Å²) >= 11 is 9.30. The fraction of sp³-hybridized carbons (Fsp3) is 0.391. The molecule has 0 radical (unpaired) electrons. The predicted molar refractivity (Wildman–Crippen MR) is 127 cm³/mol. The summed E-state index contributed by atoms with van der Waals surface area (Å²) < 4.78 is 0.956. The van der Waals surface area contributed by atoms with Crippen molar-refractivity contribution in [2.75, 3.05) is 5.32 Å². The third-order valence-corrected chi connectivity index (χ3v) is 9.34. The number of primary amides is 1. The Morgan fingerprint density at radius 3 is 2.67 bits per heavy atom. The zero-order valence-electron chi connectivity index (χ0n) is 17.3. The summed E-state index contributed by atoms with van der Waals surface area (Å²) in [5, 5.41) is 4.79. The Morgan fingerprint density at radius 2 is 2.00 bits per heavy atom. The van der Waals surface area contributed by atoms with Crippen LogP contribution >= 0.6 is 34.3 Å². The van der Waals surface area contributed by atoms with Crippen LogP contribution in [0.5, 0.6) is 0 Å². The smallest absolute Gasteiger partial charge is 0.267 e. The molecule has 0 spiro atoms. The lowest BCUT2D eigenvalue weighted by Gasteiger charge is -2.36. The molecule has 7 heteroatoms. The summed E-state index contributed by atoms with van der Waals surface area (Å²) in [6, 6.07) is 7.66. The molecule has 3 aromatic rings. The Bertz CT molecular complexity index is 1150. The van der Waals surface area contributed by atoms with Gasteiger partial charge in [-0.25, -0.2) is 0 Å². The number of carbonyl (C=O) groups is 2. The van der Waals surface area contributed by atoms with Crippen molar-refractivity contribution in [3.8, 4) is 0 Å². The molecule has 1 atom stereocenters. The summed E-state index contributed by atoms with van der Waals surface area (Å²) in [5.41, 5.74) is 7.44. The standard InChI is InChI=1S/C23H25ClN2O2S2/c1-4-23(2,3)12-9-10-13-16(11-12)30-22(17(13)20(25)27)26-21(28)19-18(24)14-7-5-6-8-15(14)29-19/h5-8,12H,4,9-11H2,1-3H3,(H2,25,27)(H,26,28). The number of halogens is 1. The van der Waals surface area contributed by atoms with Gasteiger partial charge in [0.15, 0.2) is 0 Å². The summed E-state index contributed by atoms with van der Waals surface area (Å²) in [6.07, 6.45) is 3.87. The fourth-order valence-corrected chi connectivity index (χ4v) is 6.95. The lowest BCUT2D eigenvalue weighted by molar-refractivity contribution is 0.0999. The van der Waals surface area contributed by atoms with Crippen molar-refractivity contribution in [1.29, 1.82) is 0 Å². The Labute approximate surface area is 189 Å². The van der Waals surface area contributed by atoms with Gasteiger partial charge in [-0.15, -0.1) is 22.7 Å². The van der Waals surface area contributed by atoms with Gasteiger partial charge in [0.05, 0.1) is 10.6 Å². The van der Waals surface area contributed by atoms with Crippen LogP contribution in [0.1, 0.15) is 64.1 Å². The fourth-order valence-electron chi connectivity index (χ4n) is 4.21. The Morgan fingerprint density at radius 1 is 1.27 bits per heavy atom. The van der Waals surface area contributed by atoms with Crippen LogP contribution < -0.4 is 11.1 Å². The van der Waals surface area contributed by atoms with Crippen LogP contribution in [-0.2, 0) is 12.8 Å². The van der Waals surface area contributed by atoms with Crippen LogP contribution in [0.2, 0.25) is 5.02 Å². The monoisotopic (exact) mass is 460 g/mol. The van der Waals surface area contributed by atoms with Gasteiger partial charge in [-0.3, -0.25) is 9.59 Å². The first kappa shape index (κ1) is 21.3. The maximum atomic E-state index is 13.0. The maximum Gasteiger partial charge on any atom is 0.267 e. The molecule has 1 aromatic carbocycles. The van der Waals surface area contributed by atoms with E-state index in [2.05, 4.69) is 26.1 Å². The van der Waals surface area contributed by atoms with E-state index in [0.717, 1.165) is 41.3 Å². The average molecular weight is 461 g/mol. The molecule has 4 nitrogen and oxygen atoms in total. The zero-order chi connectivity index (χ0) is 21.6. The van der Waals surface area contributed by atoms with Gasteiger partial charge in [0.25, 0.3) is 11.8 Å². The SMILES string of the molecule is CCC(C)(C)C1CCc2c(sc(NC(=O)c3sc4ccccc4c3Cl)c2C(N)=O)C1. The minimum Gasteiger partial charge on any atom is -0.365 e. The van der Waals surface area contributed by atoms with E-state index in [0.29, 0.717) is 26.4 Å². The molecule has 4 rings (SSSR count). The zero-order valence-corrected chi connectivity index (χ0v) is 19.7. The van der Waals surface area contributed by atoms with E-state index >= 15 is 0 Å². The van der Waals surface area contributed by atoms with Gasteiger partial charge in [-0.05, 0) is 42.2 Å². The molecule has 2 aromatic heterocycles. The van der Waals surface area contributed by atoms with Gasteiger partial charge >= 0.3 is 0 Å². The molecule has 0 bridgehead atoms. The van der Waals surface area contributed by atoms with Gasteiger partial charge in [-0.2, -0.15) is 0 Å².